The third kappa shape index (κ3) is 4.01. The first-order valence-corrected chi connectivity index (χ1v) is 11.2. The highest BCUT2D eigenvalue weighted by Gasteiger charge is 2.37. The van der Waals surface area contributed by atoms with E-state index < -0.39 is 0 Å². The molecule has 1 saturated carbocycles. The van der Waals surface area contributed by atoms with Gasteiger partial charge in [-0.1, -0.05) is 42.6 Å². The van der Waals surface area contributed by atoms with Crippen molar-refractivity contribution in [3.8, 4) is 0 Å². The molecule has 2 fully saturated rings. The molecule has 0 bridgehead atoms. The van der Waals surface area contributed by atoms with Crippen molar-refractivity contribution in [3.05, 3.63) is 55.3 Å². The molecule has 0 unspecified atom stereocenters. The SMILES string of the molecule is CN(C)C1(CNc2c(N3CCN(Cc4ccccc4Cl)CC3)c(=O)c2=O)CCCC1. The Labute approximate surface area is 183 Å². The Morgan fingerprint density at radius 1 is 1.03 bits per heavy atom. The average Bonchev–Trinajstić information content (AvgIpc) is 3.23. The normalized spacial score (nSPS) is 19.7. The van der Waals surface area contributed by atoms with E-state index in [1.54, 1.807) is 0 Å². The number of likely N-dealkylation sites (N-methyl/N-ethyl adjacent to an activating group) is 1. The van der Waals surface area contributed by atoms with Crippen molar-refractivity contribution in [2.24, 2.45) is 0 Å². The first-order valence-electron chi connectivity index (χ1n) is 10.9. The van der Waals surface area contributed by atoms with Crippen molar-refractivity contribution in [2.45, 2.75) is 37.8 Å². The maximum Gasteiger partial charge on any atom is 0.253 e. The highest BCUT2D eigenvalue weighted by atomic mass is 35.5. The van der Waals surface area contributed by atoms with Crippen LogP contribution in [-0.4, -0.2) is 62.2 Å². The molecule has 6 nitrogen and oxygen atoms in total. The van der Waals surface area contributed by atoms with E-state index in [1.807, 2.05) is 18.2 Å². The molecule has 2 aliphatic rings. The van der Waals surface area contributed by atoms with Gasteiger partial charge in [-0.25, -0.2) is 0 Å². The van der Waals surface area contributed by atoms with Gasteiger partial charge in [-0.05, 0) is 38.6 Å². The van der Waals surface area contributed by atoms with Crippen molar-refractivity contribution in [3.63, 3.8) is 0 Å². The van der Waals surface area contributed by atoms with Crippen LogP contribution in [-0.2, 0) is 6.54 Å². The van der Waals surface area contributed by atoms with Crippen LogP contribution in [0.25, 0.3) is 0 Å². The van der Waals surface area contributed by atoms with Gasteiger partial charge in [0.2, 0.25) is 0 Å². The number of hydrogen-bond acceptors (Lipinski definition) is 6. The number of halogens is 1. The lowest BCUT2D eigenvalue weighted by molar-refractivity contribution is 0.172. The van der Waals surface area contributed by atoms with Crippen LogP contribution in [0.3, 0.4) is 0 Å². The molecule has 0 radical (unpaired) electrons. The number of nitrogens with one attached hydrogen (secondary N) is 1. The van der Waals surface area contributed by atoms with Crippen molar-refractivity contribution in [1.82, 2.24) is 9.80 Å². The summed E-state index contributed by atoms with van der Waals surface area (Å²) in [5.74, 6) is 0. The summed E-state index contributed by atoms with van der Waals surface area (Å²) in [6.07, 6.45) is 4.68. The molecular formula is C23H31ClN4O2. The van der Waals surface area contributed by atoms with Crippen LogP contribution in [0.2, 0.25) is 5.02 Å². The smallest absolute Gasteiger partial charge is 0.253 e. The Hall–Kier alpha value is -1.89. The fraction of sp³-hybridized carbons (Fsp3) is 0.565. The summed E-state index contributed by atoms with van der Waals surface area (Å²) in [4.78, 5) is 31.4. The van der Waals surface area contributed by atoms with E-state index in [0.717, 1.165) is 56.2 Å². The number of anilines is 2. The van der Waals surface area contributed by atoms with Gasteiger partial charge in [0.25, 0.3) is 10.9 Å². The van der Waals surface area contributed by atoms with Gasteiger partial charge < -0.3 is 15.1 Å². The van der Waals surface area contributed by atoms with Gasteiger partial charge in [0.1, 0.15) is 11.4 Å². The monoisotopic (exact) mass is 430 g/mol. The first-order chi connectivity index (χ1) is 14.4. The molecule has 0 amide bonds. The minimum absolute atomic E-state index is 0.0741. The second-order valence-corrected chi connectivity index (χ2v) is 9.32. The van der Waals surface area contributed by atoms with Crippen LogP contribution in [0.15, 0.2) is 33.9 Å². The highest BCUT2D eigenvalue weighted by molar-refractivity contribution is 6.31. The van der Waals surface area contributed by atoms with Gasteiger partial charge in [-0.2, -0.15) is 0 Å². The van der Waals surface area contributed by atoms with Crippen molar-refractivity contribution in [2.75, 3.05) is 57.0 Å². The number of rotatable bonds is 7. The zero-order valence-corrected chi connectivity index (χ0v) is 18.7. The van der Waals surface area contributed by atoms with Crippen molar-refractivity contribution in [1.29, 1.82) is 0 Å². The van der Waals surface area contributed by atoms with Crippen LogP contribution in [0.4, 0.5) is 11.4 Å². The summed E-state index contributed by atoms with van der Waals surface area (Å²) in [5, 5.41) is 4.15. The van der Waals surface area contributed by atoms with E-state index in [4.69, 9.17) is 11.6 Å². The maximum atomic E-state index is 12.4. The second-order valence-electron chi connectivity index (χ2n) is 8.92. The van der Waals surface area contributed by atoms with Crippen LogP contribution < -0.4 is 21.1 Å². The summed E-state index contributed by atoms with van der Waals surface area (Å²) in [5.41, 5.74) is 1.59. The van der Waals surface area contributed by atoms with Crippen molar-refractivity contribution >= 4 is 23.0 Å². The van der Waals surface area contributed by atoms with Crippen LogP contribution >= 0.6 is 11.6 Å². The van der Waals surface area contributed by atoms with E-state index >= 15 is 0 Å². The molecule has 7 heteroatoms. The van der Waals surface area contributed by atoms with Crippen LogP contribution in [0, 0.1) is 0 Å². The summed E-state index contributed by atoms with van der Waals surface area (Å²) < 4.78 is 0. The molecule has 1 aliphatic heterocycles. The molecule has 1 heterocycles. The fourth-order valence-electron chi connectivity index (χ4n) is 4.91. The Balaban J connectivity index is 1.39. The van der Waals surface area contributed by atoms with Crippen LogP contribution in [0.5, 0.6) is 0 Å². The first kappa shape index (κ1) is 21.3. The highest BCUT2D eigenvalue weighted by Crippen LogP contribution is 2.34. The zero-order valence-electron chi connectivity index (χ0n) is 17.9. The largest absolute Gasteiger partial charge is 0.378 e. The molecule has 0 aromatic heterocycles. The summed E-state index contributed by atoms with van der Waals surface area (Å²) in [6, 6.07) is 7.91. The van der Waals surface area contributed by atoms with Gasteiger partial charge in [0.15, 0.2) is 0 Å². The lowest BCUT2D eigenvalue weighted by Crippen LogP contribution is -2.53. The van der Waals surface area contributed by atoms with E-state index in [0.29, 0.717) is 17.9 Å². The lowest BCUT2D eigenvalue weighted by Gasteiger charge is -2.39. The molecule has 1 N–H and O–H groups in total. The number of piperazine rings is 1. The molecule has 0 spiro atoms. The number of benzene rings is 1. The fourth-order valence-corrected chi connectivity index (χ4v) is 5.11. The van der Waals surface area contributed by atoms with Gasteiger partial charge in [-0.15, -0.1) is 0 Å². The Morgan fingerprint density at radius 3 is 2.33 bits per heavy atom. The average molecular weight is 431 g/mol. The van der Waals surface area contributed by atoms with Gasteiger partial charge in [0, 0.05) is 49.8 Å². The Bertz CT molecular complexity index is 952. The van der Waals surface area contributed by atoms with E-state index in [-0.39, 0.29) is 16.4 Å². The maximum absolute atomic E-state index is 12.4. The third-order valence-corrected chi connectivity index (χ3v) is 7.37. The molecule has 162 valence electrons. The minimum Gasteiger partial charge on any atom is -0.378 e. The number of hydrogen-bond donors (Lipinski definition) is 1. The van der Waals surface area contributed by atoms with Gasteiger partial charge in [-0.3, -0.25) is 14.5 Å². The third-order valence-electron chi connectivity index (χ3n) is 7.00. The Kier molecular flexibility index (Phi) is 6.19. The molecular weight excluding hydrogens is 400 g/mol. The molecule has 0 atom stereocenters. The Morgan fingerprint density at radius 2 is 1.70 bits per heavy atom. The molecule has 30 heavy (non-hydrogen) atoms. The number of nitrogens with zero attached hydrogens (tertiary/aromatic N) is 3. The van der Waals surface area contributed by atoms with Gasteiger partial charge >= 0.3 is 0 Å². The van der Waals surface area contributed by atoms with E-state index in [9.17, 15) is 9.59 Å². The molecule has 2 aromatic rings. The predicted octanol–water partition coefficient (Wildman–Crippen LogP) is 2.54. The molecule has 1 aliphatic carbocycles. The quantitative estimate of drug-likeness (QED) is 0.681. The summed E-state index contributed by atoms with van der Waals surface area (Å²) in [6.45, 7) is 4.67. The van der Waals surface area contributed by atoms with Gasteiger partial charge in [0.05, 0.1) is 0 Å². The minimum atomic E-state index is -0.365. The standard InChI is InChI=1S/C23H31ClN4O2/c1-26(2)23(9-5-6-10-23)16-25-19-20(22(30)21(19)29)28-13-11-27(12-14-28)15-17-7-3-4-8-18(17)24/h3-4,7-8,25H,5-6,9-16H2,1-2H3. The summed E-state index contributed by atoms with van der Waals surface area (Å²) in [7, 11) is 4.21. The van der Waals surface area contributed by atoms with Crippen LogP contribution in [0.1, 0.15) is 31.2 Å². The molecule has 1 saturated heterocycles. The predicted molar refractivity (Wildman–Crippen MR) is 124 cm³/mol. The lowest BCUT2D eigenvalue weighted by atomic mass is 9.95. The zero-order chi connectivity index (χ0) is 21.3. The molecule has 2 aromatic carbocycles. The van der Waals surface area contributed by atoms with Crippen molar-refractivity contribution < 1.29 is 0 Å². The second kappa shape index (κ2) is 8.69. The topological polar surface area (TPSA) is 55.9 Å². The summed E-state index contributed by atoms with van der Waals surface area (Å²) >= 11 is 6.29. The molecule has 4 rings (SSSR count). The van der Waals surface area contributed by atoms with E-state index in [2.05, 4.69) is 40.2 Å². The van der Waals surface area contributed by atoms with E-state index in [1.165, 1.54) is 12.8 Å².